The molecule has 1 saturated heterocycles. The van der Waals surface area contributed by atoms with Gasteiger partial charge in [0.1, 0.15) is 13.2 Å². The van der Waals surface area contributed by atoms with Crippen LogP contribution in [0.3, 0.4) is 0 Å². The maximum Gasteiger partial charge on any atom is 0.521 e. The van der Waals surface area contributed by atoms with Gasteiger partial charge in [0.25, 0.3) is 0 Å². The first-order chi connectivity index (χ1) is 4.41. The van der Waals surface area contributed by atoms with Gasteiger partial charge >= 0.3 is 7.30 Å². The standard InChI is InChI=1S/C5H11ClO3P/c1-5(2)3-8-10(6,7)9-4-5/h7H,3-4H2,1-2H3/q+1. The summed E-state index contributed by atoms with van der Waals surface area (Å²) in [6, 6.07) is 0. The van der Waals surface area contributed by atoms with E-state index in [-0.39, 0.29) is 5.41 Å². The van der Waals surface area contributed by atoms with E-state index < -0.39 is 7.30 Å². The van der Waals surface area contributed by atoms with Gasteiger partial charge in [0, 0.05) is 5.41 Å². The Balaban J connectivity index is 2.46. The van der Waals surface area contributed by atoms with Gasteiger partial charge in [0.2, 0.25) is 0 Å². The lowest BCUT2D eigenvalue weighted by Crippen LogP contribution is -2.29. The Bertz CT molecular complexity index is 109. The van der Waals surface area contributed by atoms with Gasteiger partial charge in [0.05, 0.1) is 0 Å². The van der Waals surface area contributed by atoms with Crippen molar-refractivity contribution in [2.75, 3.05) is 13.2 Å². The van der Waals surface area contributed by atoms with Crippen LogP contribution in [-0.2, 0) is 9.05 Å². The van der Waals surface area contributed by atoms with Gasteiger partial charge in [-0.25, -0.2) is 0 Å². The zero-order valence-electron chi connectivity index (χ0n) is 6.00. The molecule has 0 unspecified atom stereocenters. The fourth-order valence-corrected chi connectivity index (χ4v) is 1.97. The Kier molecular flexibility index (Phi) is 2.24. The smallest absolute Gasteiger partial charge is 0.178 e. The summed E-state index contributed by atoms with van der Waals surface area (Å²) >= 11 is 5.42. The van der Waals surface area contributed by atoms with Crippen LogP contribution in [0.15, 0.2) is 0 Å². The third-order valence-electron chi connectivity index (χ3n) is 1.23. The van der Waals surface area contributed by atoms with Gasteiger partial charge in [0.15, 0.2) is 11.2 Å². The Hall–Kier alpha value is 0.600. The van der Waals surface area contributed by atoms with Crippen molar-refractivity contribution < 1.29 is 13.9 Å². The molecule has 0 atom stereocenters. The molecule has 0 spiro atoms. The fraction of sp³-hybridized carbons (Fsp3) is 1.00. The molecule has 0 bridgehead atoms. The zero-order chi connectivity index (χ0) is 7.83. The maximum atomic E-state index is 9.04. The molecule has 1 aliphatic rings. The second kappa shape index (κ2) is 2.58. The second-order valence-corrected chi connectivity index (χ2v) is 5.86. The van der Waals surface area contributed by atoms with Crippen LogP contribution in [0.25, 0.3) is 0 Å². The maximum absolute atomic E-state index is 9.04. The number of halogens is 1. The fourth-order valence-electron chi connectivity index (χ4n) is 0.588. The van der Waals surface area contributed by atoms with E-state index in [9.17, 15) is 0 Å². The summed E-state index contributed by atoms with van der Waals surface area (Å²) in [5.41, 5.74) is -0.0267. The van der Waals surface area contributed by atoms with Crippen molar-refractivity contribution in [2.24, 2.45) is 5.41 Å². The van der Waals surface area contributed by atoms with Crippen molar-refractivity contribution in [1.82, 2.24) is 0 Å². The first kappa shape index (κ1) is 8.69. The molecule has 10 heavy (non-hydrogen) atoms. The quantitative estimate of drug-likeness (QED) is 0.587. The van der Waals surface area contributed by atoms with E-state index in [2.05, 4.69) is 0 Å². The lowest BCUT2D eigenvalue weighted by atomic mass is 9.97. The molecule has 1 rings (SSSR count). The van der Waals surface area contributed by atoms with Gasteiger partial charge < -0.3 is 0 Å². The molecular weight excluding hydrogens is 174 g/mol. The van der Waals surface area contributed by atoms with Gasteiger partial charge in [-0.1, -0.05) is 13.8 Å². The van der Waals surface area contributed by atoms with E-state index in [1.165, 1.54) is 0 Å². The number of rotatable bonds is 0. The molecular formula is C5H11ClO3P+. The Morgan fingerprint density at radius 1 is 1.40 bits per heavy atom. The minimum atomic E-state index is -2.94. The largest absolute Gasteiger partial charge is 0.521 e. The second-order valence-electron chi connectivity index (χ2n) is 3.16. The van der Waals surface area contributed by atoms with Crippen molar-refractivity contribution >= 4 is 18.5 Å². The van der Waals surface area contributed by atoms with E-state index in [1.54, 1.807) is 0 Å². The molecule has 1 fully saturated rings. The summed E-state index contributed by atoms with van der Waals surface area (Å²) in [7, 11) is -2.94. The van der Waals surface area contributed by atoms with Gasteiger partial charge in [-0.3, -0.25) is 0 Å². The molecule has 1 heterocycles. The Labute approximate surface area is 65.7 Å². The predicted octanol–water partition coefficient (Wildman–Crippen LogP) is 1.97. The average Bonchev–Trinajstić information content (AvgIpc) is 1.79. The van der Waals surface area contributed by atoms with Crippen molar-refractivity contribution in [3.8, 4) is 0 Å². The van der Waals surface area contributed by atoms with Crippen molar-refractivity contribution in [2.45, 2.75) is 13.8 Å². The number of hydrogen-bond acceptors (Lipinski definition) is 3. The summed E-state index contributed by atoms with van der Waals surface area (Å²) in [5, 5.41) is 0. The van der Waals surface area contributed by atoms with E-state index >= 15 is 0 Å². The Morgan fingerprint density at radius 2 is 1.80 bits per heavy atom. The van der Waals surface area contributed by atoms with Crippen LogP contribution in [0, 0.1) is 5.41 Å². The first-order valence-corrected chi connectivity index (χ1v) is 5.50. The molecule has 1 aliphatic heterocycles. The SMILES string of the molecule is CC1(C)CO[P+](O)(Cl)OC1. The van der Waals surface area contributed by atoms with Crippen LogP contribution in [0.4, 0.5) is 0 Å². The zero-order valence-corrected chi connectivity index (χ0v) is 7.65. The normalized spacial score (nSPS) is 30.0. The molecule has 0 amide bonds. The van der Waals surface area contributed by atoms with E-state index in [4.69, 9.17) is 25.2 Å². The highest BCUT2D eigenvalue weighted by molar-refractivity contribution is 7.86. The van der Waals surface area contributed by atoms with Crippen LogP contribution < -0.4 is 0 Å². The van der Waals surface area contributed by atoms with Gasteiger partial charge in [-0.15, -0.1) is 0 Å². The van der Waals surface area contributed by atoms with Crippen LogP contribution in [0.5, 0.6) is 0 Å². The lowest BCUT2D eigenvalue weighted by Gasteiger charge is -2.27. The highest BCUT2D eigenvalue weighted by Gasteiger charge is 2.47. The highest BCUT2D eigenvalue weighted by Crippen LogP contribution is 2.65. The van der Waals surface area contributed by atoms with Crippen molar-refractivity contribution in [3.05, 3.63) is 0 Å². The third-order valence-corrected chi connectivity index (χ3v) is 2.71. The summed E-state index contributed by atoms with van der Waals surface area (Å²) in [6.07, 6.45) is 0. The molecule has 0 aromatic heterocycles. The number of hydrogen-bond donors (Lipinski definition) is 1. The monoisotopic (exact) mass is 185 g/mol. The van der Waals surface area contributed by atoms with Crippen LogP contribution >= 0.6 is 18.5 Å². The first-order valence-electron chi connectivity index (χ1n) is 3.02. The summed E-state index contributed by atoms with van der Waals surface area (Å²) in [4.78, 5) is 9.04. The lowest BCUT2D eigenvalue weighted by molar-refractivity contribution is 0.0347. The molecule has 1 N–H and O–H groups in total. The van der Waals surface area contributed by atoms with E-state index in [0.29, 0.717) is 13.2 Å². The molecule has 3 nitrogen and oxygen atoms in total. The highest BCUT2D eigenvalue weighted by atomic mass is 35.7. The molecule has 0 aliphatic carbocycles. The molecule has 5 heteroatoms. The van der Waals surface area contributed by atoms with Gasteiger partial charge in [-0.05, 0) is 0 Å². The molecule has 60 valence electrons. The van der Waals surface area contributed by atoms with Crippen LogP contribution in [0.1, 0.15) is 13.8 Å². The molecule has 0 saturated carbocycles. The van der Waals surface area contributed by atoms with Crippen molar-refractivity contribution in [1.29, 1.82) is 0 Å². The topological polar surface area (TPSA) is 38.7 Å². The summed E-state index contributed by atoms with van der Waals surface area (Å²) in [6.45, 7) is 4.90. The minimum Gasteiger partial charge on any atom is -0.178 e. The Morgan fingerprint density at radius 3 is 2.10 bits per heavy atom. The van der Waals surface area contributed by atoms with E-state index in [1.807, 2.05) is 13.8 Å². The van der Waals surface area contributed by atoms with Crippen molar-refractivity contribution in [3.63, 3.8) is 0 Å². The summed E-state index contributed by atoms with van der Waals surface area (Å²) < 4.78 is 9.78. The van der Waals surface area contributed by atoms with Crippen LogP contribution in [0.2, 0.25) is 0 Å². The minimum absolute atomic E-state index is 0.0267. The third kappa shape index (κ3) is 2.33. The van der Waals surface area contributed by atoms with Crippen LogP contribution in [-0.4, -0.2) is 18.1 Å². The molecule has 0 aromatic carbocycles. The molecule has 0 aromatic rings. The summed E-state index contributed by atoms with van der Waals surface area (Å²) in [5.74, 6) is 0. The molecule has 0 radical (unpaired) electrons. The predicted molar refractivity (Wildman–Crippen MR) is 40.7 cm³/mol. The van der Waals surface area contributed by atoms with E-state index in [0.717, 1.165) is 0 Å². The average molecular weight is 186 g/mol. The van der Waals surface area contributed by atoms with Gasteiger partial charge in [-0.2, -0.15) is 13.9 Å².